The molecular formula is C23H25Cl2N3O2S. The molecule has 164 valence electrons. The second kappa shape index (κ2) is 10.6. The van der Waals surface area contributed by atoms with Crippen LogP contribution < -0.4 is 0 Å². The lowest BCUT2D eigenvalue weighted by Crippen LogP contribution is -2.49. The van der Waals surface area contributed by atoms with Crippen molar-refractivity contribution in [2.75, 3.05) is 6.54 Å². The molecule has 2 aromatic rings. The van der Waals surface area contributed by atoms with Crippen LogP contribution in [0, 0.1) is 5.92 Å². The van der Waals surface area contributed by atoms with Gasteiger partial charge in [0.15, 0.2) is 0 Å². The minimum atomic E-state index is -0.0144. The zero-order valence-corrected chi connectivity index (χ0v) is 20.0. The maximum Gasteiger partial charge on any atom is 0.236 e. The Hall–Kier alpha value is -1.89. The summed E-state index contributed by atoms with van der Waals surface area (Å²) in [5.74, 6) is 0.415. The van der Waals surface area contributed by atoms with Gasteiger partial charge in [-0.05, 0) is 55.7 Å². The van der Waals surface area contributed by atoms with E-state index in [9.17, 15) is 9.59 Å². The van der Waals surface area contributed by atoms with Crippen molar-refractivity contribution in [2.45, 2.75) is 45.2 Å². The van der Waals surface area contributed by atoms with Gasteiger partial charge in [0.1, 0.15) is 6.54 Å². The Labute approximate surface area is 197 Å². The molecule has 0 radical (unpaired) electrons. The van der Waals surface area contributed by atoms with Crippen LogP contribution in [-0.2, 0) is 9.59 Å². The highest BCUT2D eigenvalue weighted by Gasteiger charge is 2.42. The van der Waals surface area contributed by atoms with Gasteiger partial charge in [-0.2, -0.15) is 5.11 Å². The fourth-order valence-corrected chi connectivity index (χ4v) is 4.72. The molecule has 2 aromatic carbocycles. The first kappa shape index (κ1) is 23.8. The minimum Gasteiger partial charge on any atom is -0.332 e. The summed E-state index contributed by atoms with van der Waals surface area (Å²) in [7, 11) is 0. The second-order valence-corrected chi connectivity index (χ2v) is 9.65. The van der Waals surface area contributed by atoms with Crippen molar-refractivity contribution in [3.05, 3.63) is 69.7 Å². The number of hydrogen-bond acceptors (Lipinski definition) is 5. The van der Waals surface area contributed by atoms with Gasteiger partial charge in [-0.1, -0.05) is 54.4 Å². The Morgan fingerprint density at radius 2 is 1.74 bits per heavy atom. The molecule has 3 unspecified atom stereocenters. The van der Waals surface area contributed by atoms with Crippen LogP contribution in [0.2, 0.25) is 10.0 Å². The number of benzene rings is 2. The smallest absolute Gasteiger partial charge is 0.236 e. The highest BCUT2D eigenvalue weighted by molar-refractivity contribution is 8.12. The zero-order chi connectivity index (χ0) is 22.5. The number of rotatable bonds is 3. The van der Waals surface area contributed by atoms with Crippen molar-refractivity contribution >= 4 is 46.2 Å². The van der Waals surface area contributed by atoms with Crippen LogP contribution in [-0.4, -0.2) is 28.5 Å². The van der Waals surface area contributed by atoms with Gasteiger partial charge in [0, 0.05) is 27.9 Å². The number of nitrogens with zero attached hydrogens (tertiary/aromatic N) is 3. The molecule has 2 aliphatic heterocycles. The van der Waals surface area contributed by atoms with Crippen LogP contribution in [0.5, 0.6) is 0 Å². The molecule has 0 N–H and O–H groups in total. The quantitative estimate of drug-likeness (QED) is 0.460. The third-order valence-corrected chi connectivity index (χ3v) is 6.43. The van der Waals surface area contributed by atoms with E-state index in [0.29, 0.717) is 5.02 Å². The molecule has 1 fully saturated rings. The molecule has 31 heavy (non-hydrogen) atoms. The number of hydrogen-bond donors (Lipinski definition) is 0. The summed E-state index contributed by atoms with van der Waals surface area (Å²) in [5.41, 5.74) is 2.29. The zero-order valence-electron chi connectivity index (χ0n) is 17.7. The summed E-state index contributed by atoms with van der Waals surface area (Å²) < 4.78 is 3.36. The van der Waals surface area contributed by atoms with E-state index >= 15 is 0 Å². The van der Waals surface area contributed by atoms with Crippen LogP contribution in [0.4, 0.5) is 0 Å². The van der Waals surface area contributed by atoms with Crippen molar-refractivity contribution in [1.82, 2.24) is 4.90 Å². The minimum absolute atomic E-state index is 0.00469. The van der Waals surface area contributed by atoms with Crippen LogP contribution >= 0.6 is 35.1 Å². The lowest BCUT2D eigenvalue weighted by molar-refractivity contribution is -0.145. The van der Waals surface area contributed by atoms with Crippen molar-refractivity contribution in [2.24, 2.45) is 15.6 Å². The van der Waals surface area contributed by atoms with Crippen LogP contribution in [0.25, 0.3) is 0 Å². The van der Waals surface area contributed by atoms with Crippen molar-refractivity contribution in [3.8, 4) is 0 Å². The first-order chi connectivity index (χ1) is 14.8. The van der Waals surface area contributed by atoms with Gasteiger partial charge >= 0.3 is 0 Å². The monoisotopic (exact) mass is 477 g/mol. The molecule has 3 atom stereocenters. The average molecular weight is 478 g/mol. The highest BCUT2D eigenvalue weighted by atomic mass is 35.5. The number of piperidine rings is 1. The van der Waals surface area contributed by atoms with Gasteiger partial charge in [-0.15, -0.1) is 4.52 Å². The first-order valence-electron chi connectivity index (χ1n) is 10.2. The largest absolute Gasteiger partial charge is 0.332 e. The van der Waals surface area contributed by atoms with Gasteiger partial charge in [0.25, 0.3) is 0 Å². The lowest BCUT2D eigenvalue weighted by atomic mass is 9.76. The van der Waals surface area contributed by atoms with Crippen molar-refractivity contribution < 1.29 is 9.59 Å². The third-order valence-electron chi connectivity index (χ3n) is 5.41. The van der Waals surface area contributed by atoms with E-state index < -0.39 is 0 Å². The molecule has 4 rings (SSSR count). The predicted octanol–water partition coefficient (Wildman–Crippen LogP) is 6.72. The van der Waals surface area contributed by atoms with Gasteiger partial charge in [0.05, 0.1) is 18.0 Å². The van der Waals surface area contributed by atoms with Crippen molar-refractivity contribution in [1.29, 1.82) is 0 Å². The maximum atomic E-state index is 12.9. The molecular weight excluding hydrogens is 453 g/mol. The van der Waals surface area contributed by atoms with Crippen LogP contribution in [0.3, 0.4) is 0 Å². The van der Waals surface area contributed by atoms with Gasteiger partial charge in [0.2, 0.25) is 11.0 Å². The summed E-state index contributed by atoms with van der Waals surface area (Å²) in [4.78, 5) is 25.0. The number of carbonyl (C=O) groups is 2. The summed E-state index contributed by atoms with van der Waals surface area (Å²) in [6, 6.07) is 16.0. The summed E-state index contributed by atoms with van der Waals surface area (Å²) in [6.45, 7) is 6.44. The molecule has 2 heterocycles. The molecule has 1 saturated heterocycles. The summed E-state index contributed by atoms with van der Waals surface area (Å²) >= 11 is 13.2. The topological polar surface area (TPSA) is 62.1 Å². The SMILES string of the molecule is CC1CC(c2cccc(Cl)c2)C(c2ccc(Cl)cc2)N(C(C)C)C1=O.O=C1CN=NS1. The molecule has 2 aliphatic rings. The number of amides is 1. The van der Waals surface area contributed by atoms with Crippen LogP contribution in [0.15, 0.2) is 58.2 Å². The molecule has 5 nitrogen and oxygen atoms in total. The summed E-state index contributed by atoms with van der Waals surface area (Å²) in [6.07, 6.45) is 0.815. The third kappa shape index (κ3) is 5.88. The fraction of sp³-hybridized carbons (Fsp3) is 0.391. The molecule has 0 saturated carbocycles. The Morgan fingerprint density at radius 1 is 1.03 bits per heavy atom. The van der Waals surface area contributed by atoms with Crippen LogP contribution in [0.1, 0.15) is 50.3 Å². The second-order valence-electron chi connectivity index (χ2n) is 7.98. The standard InChI is InChI=1S/C21H23Cl2NO.C2H2N2OS/c1-13(2)24-20(15-7-9-17(22)10-8-15)19(11-14(3)21(24)25)16-5-4-6-18(23)12-16;5-2-1-3-4-6-2/h4-10,12-14,19-20H,11H2,1-3H3;1H2. The van der Waals surface area contributed by atoms with E-state index in [2.05, 4.69) is 29.5 Å². The Balaban J connectivity index is 0.000000391. The summed E-state index contributed by atoms with van der Waals surface area (Å²) in [5, 5.41) is 4.87. The number of carbonyl (C=O) groups excluding carboxylic acids is 2. The van der Waals surface area contributed by atoms with Gasteiger partial charge in [-0.3, -0.25) is 9.59 Å². The van der Waals surface area contributed by atoms with E-state index in [1.165, 1.54) is 5.56 Å². The molecule has 0 aliphatic carbocycles. The fourth-order valence-electron chi connectivity index (χ4n) is 4.07. The predicted molar refractivity (Wildman–Crippen MR) is 126 cm³/mol. The first-order valence-corrected chi connectivity index (χ1v) is 11.7. The molecule has 0 spiro atoms. The Morgan fingerprint density at radius 3 is 2.26 bits per heavy atom. The molecule has 1 amide bonds. The van der Waals surface area contributed by atoms with Crippen molar-refractivity contribution in [3.63, 3.8) is 0 Å². The van der Waals surface area contributed by atoms with E-state index in [1.807, 2.05) is 54.3 Å². The normalized spacial score (nSPS) is 23.2. The Bertz CT molecular complexity index is 956. The number of halogens is 2. The molecule has 0 bridgehead atoms. The van der Waals surface area contributed by atoms with E-state index in [1.54, 1.807) is 0 Å². The van der Waals surface area contributed by atoms with Gasteiger partial charge < -0.3 is 4.90 Å². The highest BCUT2D eigenvalue weighted by Crippen LogP contribution is 2.46. The average Bonchev–Trinajstić information content (AvgIpc) is 3.21. The van der Waals surface area contributed by atoms with E-state index in [-0.39, 0.29) is 41.5 Å². The maximum absolute atomic E-state index is 12.9. The van der Waals surface area contributed by atoms with Gasteiger partial charge in [-0.25, -0.2) is 0 Å². The van der Waals surface area contributed by atoms with E-state index in [4.69, 9.17) is 23.2 Å². The molecule has 0 aromatic heterocycles. The van der Waals surface area contributed by atoms with E-state index in [0.717, 1.165) is 29.0 Å². The molecule has 8 heteroatoms. The Kier molecular flexibility index (Phi) is 8.14. The number of likely N-dealkylation sites (tertiary alicyclic amines) is 1. The lowest BCUT2D eigenvalue weighted by Gasteiger charge is -2.46.